The molecule has 2 heterocycles. The Hall–Kier alpha value is -1.23. The van der Waals surface area contributed by atoms with E-state index in [1.807, 2.05) is 0 Å². The van der Waals surface area contributed by atoms with E-state index in [2.05, 4.69) is 19.8 Å². The second-order valence-corrected chi connectivity index (χ2v) is 4.75. The molecule has 4 nitrogen and oxygen atoms in total. The van der Waals surface area contributed by atoms with Crippen molar-refractivity contribution in [2.24, 2.45) is 0 Å². The summed E-state index contributed by atoms with van der Waals surface area (Å²) in [5.74, 6) is 0.928. The average Bonchev–Trinajstić information content (AvgIpc) is 2.39. The highest BCUT2D eigenvalue weighted by atomic mass is 19.1. The fourth-order valence-electron chi connectivity index (χ4n) is 2.59. The van der Waals surface area contributed by atoms with Gasteiger partial charge in [0.15, 0.2) is 0 Å². The van der Waals surface area contributed by atoms with Crippen LogP contribution in [0.3, 0.4) is 0 Å². The smallest absolute Gasteiger partial charge is 0.147 e. The van der Waals surface area contributed by atoms with Crippen LogP contribution in [0.4, 0.5) is 10.2 Å². The fraction of sp³-hybridized carbons (Fsp3) is 0.667. The van der Waals surface area contributed by atoms with E-state index in [1.165, 1.54) is 0 Å². The van der Waals surface area contributed by atoms with Crippen molar-refractivity contribution >= 4 is 5.82 Å². The molecule has 0 aromatic carbocycles. The third kappa shape index (κ3) is 2.11. The van der Waals surface area contributed by atoms with Crippen molar-refractivity contribution in [2.45, 2.75) is 25.1 Å². The molecule has 17 heavy (non-hydrogen) atoms. The van der Waals surface area contributed by atoms with Gasteiger partial charge >= 0.3 is 0 Å². The molecule has 1 aliphatic carbocycles. The van der Waals surface area contributed by atoms with E-state index >= 15 is 0 Å². The van der Waals surface area contributed by atoms with E-state index in [1.54, 1.807) is 18.6 Å². The van der Waals surface area contributed by atoms with Crippen LogP contribution in [0.25, 0.3) is 0 Å². The summed E-state index contributed by atoms with van der Waals surface area (Å²) >= 11 is 0. The third-order valence-corrected chi connectivity index (χ3v) is 3.81. The molecular weight excluding hydrogens is 219 g/mol. The van der Waals surface area contributed by atoms with Crippen molar-refractivity contribution in [3.8, 4) is 0 Å². The predicted octanol–water partition coefficient (Wildman–Crippen LogP) is 1.10. The molecule has 2 fully saturated rings. The number of rotatable bonds is 2. The van der Waals surface area contributed by atoms with Gasteiger partial charge in [-0.05, 0) is 12.8 Å². The Morgan fingerprint density at radius 1 is 1.12 bits per heavy atom. The Bertz CT molecular complexity index is 364. The Kier molecular flexibility index (Phi) is 2.93. The topological polar surface area (TPSA) is 32.3 Å². The average molecular weight is 236 g/mol. The highest BCUT2D eigenvalue weighted by Gasteiger charge is 2.36. The zero-order valence-electron chi connectivity index (χ0n) is 9.80. The number of piperazine rings is 1. The van der Waals surface area contributed by atoms with Gasteiger partial charge in [0.1, 0.15) is 12.0 Å². The van der Waals surface area contributed by atoms with E-state index in [9.17, 15) is 4.39 Å². The first kappa shape index (κ1) is 10.9. The maximum absolute atomic E-state index is 13.3. The first-order valence-electron chi connectivity index (χ1n) is 6.23. The molecule has 2 atom stereocenters. The molecule has 0 amide bonds. The van der Waals surface area contributed by atoms with Gasteiger partial charge in [0.2, 0.25) is 0 Å². The van der Waals surface area contributed by atoms with Gasteiger partial charge in [0, 0.05) is 44.6 Å². The fourth-order valence-corrected chi connectivity index (χ4v) is 2.59. The number of hydrogen-bond acceptors (Lipinski definition) is 4. The molecule has 1 saturated heterocycles. The molecule has 1 aliphatic heterocycles. The van der Waals surface area contributed by atoms with Crippen molar-refractivity contribution in [1.29, 1.82) is 0 Å². The van der Waals surface area contributed by atoms with Gasteiger partial charge in [-0.1, -0.05) is 0 Å². The zero-order valence-corrected chi connectivity index (χ0v) is 9.80. The lowest BCUT2D eigenvalue weighted by molar-refractivity contribution is 0.0313. The van der Waals surface area contributed by atoms with Crippen LogP contribution in [0.2, 0.25) is 0 Å². The van der Waals surface area contributed by atoms with E-state index < -0.39 is 6.17 Å². The molecule has 1 saturated carbocycles. The Morgan fingerprint density at radius 2 is 1.94 bits per heavy atom. The van der Waals surface area contributed by atoms with Crippen molar-refractivity contribution in [3.05, 3.63) is 18.6 Å². The summed E-state index contributed by atoms with van der Waals surface area (Å²) in [6.45, 7) is 3.70. The largest absolute Gasteiger partial charge is 0.353 e. The van der Waals surface area contributed by atoms with Gasteiger partial charge in [-0.3, -0.25) is 9.88 Å². The van der Waals surface area contributed by atoms with Crippen molar-refractivity contribution in [2.75, 3.05) is 31.1 Å². The van der Waals surface area contributed by atoms with Crippen LogP contribution in [0.15, 0.2) is 18.6 Å². The summed E-state index contributed by atoms with van der Waals surface area (Å²) in [7, 11) is 0. The second-order valence-electron chi connectivity index (χ2n) is 4.75. The highest BCUT2D eigenvalue weighted by molar-refractivity contribution is 5.35. The van der Waals surface area contributed by atoms with Crippen molar-refractivity contribution < 1.29 is 4.39 Å². The molecule has 1 aromatic heterocycles. The normalized spacial score (nSPS) is 30.1. The third-order valence-electron chi connectivity index (χ3n) is 3.81. The maximum atomic E-state index is 13.3. The van der Waals surface area contributed by atoms with Crippen molar-refractivity contribution in [3.63, 3.8) is 0 Å². The van der Waals surface area contributed by atoms with Gasteiger partial charge in [0.05, 0.1) is 6.20 Å². The minimum absolute atomic E-state index is 0.180. The van der Waals surface area contributed by atoms with E-state index in [-0.39, 0.29) is 6.04 Å². The van der Waals surface area contributed by atoms with Crippen LogP contribution in [0.1, 0.15) is 12.8 Å². The zero-order chi connectivity index (χ0) is 11.7. The maximum Gasteiger partial charge on any atom is 0.147 e. The lowest BCUT2D eigenvalue weighted by Gasteiger charge is -2.44. The summed E-state index contributed by atoms with van der Waals surface area (Å²) in [5.41, 5.74) is 0. The van der Waals surface area contributed by atoms with Crippen LogP contribution in [-0.4, -0.2) is 53.3 Å². The monoisotopic (exact) mass is 236 g/mol. The van der Waals surface area contributed by atoms with Crippen LogP contribution in [-0.2, 0) is 0 Å². The number of anilines is 1. The van der Waals surface area contributed by atoms with Crippen LogP contribution in [0.5, 0.6) is 0 Å². The lowest BCUT2D eigenvalue weighted by Crippen LogP contribution is -2.56. The van der Waals surface area contributed by atoms with Crippen LogP contribution in [0, 0.1) is 0 Å². The minimum Gasteiger partial charge on any atom is -0.353 e. The lowest BCUT2D eigenvalue weighted by atomic mass is 9.88. The summed E-state index contributed by atoms with van der Waals surface area (Å²) in [5, 5.41) is 0. The number of hydrogen-bond donors (Lipinski definition) is 0. The first-order chi connectivity index (χ1) is 8.34. The number of aromatic nitrogens is 2. The van der Waals surface area contributed by atoms with Gasteiger partial charge in [-0.2, -0.15) is 0 Å². The Labute approximate surface area is 100 Å². The first-order valence-corrected chi connectivity index (χ1v) is 6.23. The van der Waals surface area contributed by atoms with E-state index in [0.717, 1.165) is 44.8 Å². The van der Waals surface area contributed by atoms with E-state index in [0.29, 0.717) is 0 Å². The Balaban J connectivity index is 1.57. The molecule has 0 radical (unpaired) electrons. The van der Waals surface area contributed by atoms with Gasteiger partial charge in [0.25, 0.3) is 0 Å². The van der Waals surface area contributed by atoms with Gasteiger partial charge in [-0.25, -0.2) is 9.37 Å². The molecule has 0 N–H and O–H groups in total. The standard InChI is InChI=1S/C12H17FN4/c13-10-1-2-11(10)16-5-7-17(8-6-16)12-9-14-3-4-15-12/h3-4,9-11H,1-2,5-8H2. The second kappa shape index (κ2) is 4.56. The highest BCUT2D eigenvalue weighted by Crippen LogP contribution is 2.29. The van der Waals surface area contributed by atoms with Crippen LogP contribution < -0.4 is 4.90 Å². The van der Waals surface area contributed by atoms with Crippen LogP contribution >= 0.6 is 0 Å². The molecule has 3 rings (SSSR count). The molecule has 92 valence electrons. The molecule has 2 aliphatic rings. The summed E-state index contributed by atoms with van der Waals surface area (Å²) in [4.78, 5) is 12.9. The number of halogens is 1. The molecule has 1 aromatic rings. The summed E-state index contributed by atoms with van der Waals surface area (Å²) in [6, 6.07) is 0.180. The van der Waals surface area contributed by atoms with Gasteiger partial charge < -0.3 is 4.90 Å². The number of nitrogens with zero attached hydrogens (tertiary/aromatic N) is 4. The Morgan fingerprint density at radius 3 is 2.47 bits per heavy atom. The molecule has 5 heteroatoms. The summed E-state index contributed by atoms with van der Waals surface area (Å²) < 4.78 is 13.3. The summed E-state index contributed by atoms with van der Waals surface area (Å²) in [6.07, 6.45) is 6.35. The van der Waals surface area contributed by atoms with Crippen molar-refractivity contribution in [1.82, 2.24) is 14.9 Å². The molecule has 0 spiro atoms. The molecular formula is C12H17FN4. The minimum atomic E-state index is -0.599. The molecule has 0 bridgehead atoms. The van der Waals surface area contributed by atoms with Gasteiger partial charge in [-0.15, -0.1) is 0 Å². The number of alkyl halides is 1. The predicted molar refractivity (Wildman–Crippen MR) is 63.7 cm³/mol. The van der Waals surface area contributed by atoms with E-state index in [4.69, 9.17) is 0 Å². The molecule has 2 unspecified atom stereocenters. The SMILES string of the molecule is FC1CCC1N1CCN(c2cnccn2)CC1. The quantitative estimate of drug-likeness (QED) is 0.769.